The number of aromatic nitrogens is 2. The number of fused-ring (bicyclic) bond motifs is 2. The molecule has 0 fully saturated rings. The van der Waals surface area contributed by atoms with Crippen molar-refractivity contribution in [2.24, 2.45) is 5.92 Å². The van der Waals surface area contributed by atoms with Crippen molar-refractivity contribution in [1.82, 2.24) is 31.2 Å². The first-order valence-corrected chi connectivity index (χ1v) is 14.4. The lowest BCUT2D eigenvalue weighted by atomic mass is 10.0. The van der Waals surface area contributed by atoms with E-state index < -0.39 is 47.3 Å². The molecule has 1 aliphatic heterocycles. The van der Waals surface area contributed by atoms with Gasteiger partial charge < -0.3 is 30.7 Å². The molecule has 2 aromatic heterocycles. The molecule has 228 valence electrons. The first-order valence-electron chi connectivity index (χ1n) is 14.4. The van der Waals surface area contributed by atoms with E-state index in [2.05, 4.69) is 31.2 Å². The van der Waals surface area contributed by atoms with Crippen molar-refractivity contribution in [2.75, 3.05) is 6.54 Å². The van der Waals surface area contributed by atoms with Gasteiger partial charge in [0.1, 0.15) is 30.0 Å². The van der Waals surface area contributed by atoms with Crippen LogP contribution in [0.2, 0.25) is 0 Å². The van der Waals surface area contributed by atoms with Crippen molar-refractivity contribution in [1.29, 1.82) is 0 Å². The number of H-pyrrole nitrogens is 1. The molecule has 0 spiro atoms. The Morgan fingerprint density at radius 2 is 1.79 bits per heavy atom. The molecule has 0 radical (unpaired) electrons. The van der Waals surface area contributed by atoms with Crippen LogP contribution < -0.4 is 26.8 Å². The average molecular weight is 591 g/mol. The summed E-state index contributed by atoms with van der Waals surface area (Å²) in [5, 5.41) is 11.2. The molecule has 1 aromatic carbocycles. The summed E-state index contributed by atoms with van der Waals surface area (Å²) < 4.78 is 5.59. The van der Waals surface area contributed by atoms with Crippen molar-refractivity contribution in [2.45, 2.75) is 71.5 Å². The van der Waals surface area contributed by atoms with E-state index in [9.17, 15) is 24.0 Å². The molecule has 3 heterocycles. The zero-order valence-electron chi connectivity index (χ0n) is 24.8. The predicted molar refractivity (Wildman–Crippen MR) is 158 cm³/mol. The SMILES string of the molecule is Cc1cc(C)c(C(=O)N[C@H]2CCCCNC(=O)c3coc(n3)[C@H](C(C)C)NC(=O)[C@H](Cc3ccccc3)NC2=O)c(=O)[nH]1. The summed E-state index contributed by atoms with van der Waals surface area (Å²) in [6.07, 6.45) is 2.60. The molecule has 3 aromatic rings. The van der Waals surface area contributed by atoms with Crippen LogP contribution in [0.5, 0.6) is 0 Å². The van der Waals surface area contributed by atoms with Crippen LogP contribution in [0.3, 0.4) is 0 Å². The number of rotatable bonds is 5. The number of nitrogens with one attached hydrogen (secondary N) is 5. The lowest BCUT2D eigenvalue weighted by Gasteiger charge is -2.26. The Labute approximate surface area is 249 Å². The zero-order chi connectivity index (χ0) is 31.1. The second-order valence-electron chi connectivity index (χ2n) is 11.2. The second kappa shape index (κ2) is 14.0. The molecular weight excluding hydrogens is 552 g/mol. The van der Waals surface area contributed by atoms with Crippen LogP contribution >= 0.6 is 0 Å². The van der Waals surface area contributed by atoms with E-state index in [4.69, 9.17) is 4.42 Å². The third-order valence-electron chi connectivity index (χ3n) is 7.32. The van der Waals surface area contributed by atoms with Crippen LogP contribution in [0.1, 0.15) is 82.7 Å². The van der Waals surface area contributed by atoms with Crippen LogP contribution in [-0.4, -0.2) is 52.2 Å². The lowest BCUT2D eigenvalue weighted by Crippen LogP contribution is -2.55. The Morgan fingerprint density at radius 1 is 1.05 bits per heavy atom. The fraction of sp³-hybridized carbons (Fsp3) is 0.419. The standard InChI is InChI=1S/C31H38N6O6/c1-17(2)25-31-36-23(16-43-31)26(38)32-13-9-8-12-21(34-30(42)24-18(3)14-19(4)33-29(24)41)27(39)35-22(28(40)37-25)15-20-10-6-5-7-11-20/h5-7,10-11,14,16-17,21-22,25H,8-9,12-13,15H2,1-4H3,(H,32,38)(H,33,41)(H,34,42)(H,35,39)(H,37,40)/t21-,22-,25-/m0/s1. The number of hydrogen-bond donors (Lipinski definition) is 5. The van der Waals surface area contributed by atoms with Gasteiger partial charge in [-0.05, 0) is 56.2 Å². The Bertz CT molecular complexity index is 1530. The van der Waals surface area contributed by atoms with Gasteiger partial charge in [0.15, 0.2) is 5.69 Å². The van der Waals surface area contributed by atoms with Gasteiger partial charge in [-0.25, -0.2) is 4.98 Å². The van der Waals surface area contributed by atoms with Gasteiger partial charge in [-0.15, -0.1) is 0 Å². The first kappa shape index (κ1) is 31.2. The van der Waals surface area contributed by atoms with E-state index in [0.717, 1.165) is 5.56 Å². The third-order valence-corrected chi connectivity index (χ3v) is 7.32. The van der Waals surface area contributed by atoms with E-state index in [1.165, 1.54) is 6.26 Å². The fourth-order valence-electron chi connectivity index (χ4n) is 5.03. The minimum Gasteiger partial charge on any atom is -0.446 e. The largest absolute Gasteiger partial charge is 0.446 e. The number of pyridine rings is 1. The molecule has 0 saturated carbocycles. The highest BCUT2D eigenvalue weighted by Crippen LogP contribution is 2.22. The van der Waals surface area contributed by atoms with E-state index in [0.29, 0.717) is 30.6 Å². The summed E-state index contributed by atoms with van der Waals surface area (Å²) in [4.78, 5) is 72.9. The number of oxazole rings is 1. The summed E-state index contributed by atoms with van der Waals surface area (Å²) >= 11 is 0. The molecular formula is C31H38N6O6. The Balaban J connectivity index is 1.65. The number of nitrogens with zero attached hydrogens (tertiary/aromatic N) is 1. The summed E-state index contributed by atoms with van der Waals surface area (Å²) in [5.74, 6) is -2.15. The summed E-state index contributed by atoms with van der Waals surface area (Å²) in [7, 11) is 0. The fourth-order valence-corrected chi connectivity index (χ4v) is 5.03. The molecule has 5 N–H and O–H groups in total. The smallest absolute Gasteiger partial charge is 0.273 e. The van der Waals surface area contributed by atoms with Crippen LogP contribution in [-0.2, 0) is 16.0 Å². The molecule has 12 heteroatoms. The van der Waals surface area contributed by atoms with E-state index >= 15 is 0 Å². The predicted octanol–water partition coefficient (Wildman–Crippen LogP) is 2.23. The molecule has 0 aliphatic carbocycles. The van der Waals surface area contributed by atoms with Gasteiger partial charge in [0.2, 0.25) is 17.7 Å². The Morgan fingerprint density at radius 3 is 2.49 bits per heavy atom. The quantitative estimate of drug-likeness (QED) is 0.303. The van der Waals surface area contributed by atoms with Gasteiger partial charge in [0.25, 0.3) is 17.4 Å². The van der Waals surface area contributed by atoms with Gasteiger partial charge in [0.05, 0.1) is 0 Å². The van der Waals surface area contributed by atoms with Crippen molar-refractivity contribution in [3.05, 3.63) is 87.0 Å². The average Bonchev–Trinajstić information content (AvgIpc) is 3.44. The molecule has 1 aliphatic rings. The van der Waals surface area contributed by atoms with E-state index in [1.54, 1.807) is 19.9 Å². The summed E-state index contributed by atoms with van der Waals surface area (Å²) in [6, 6.07) is 8.18. The number of carbonyl (C=O) groups is 4. The third kappa shape index (κ3) is 7.97. The van der Waals surface area contributed by atoms with Gasteiger partial charge in [0, 0.05) is 18.7 Å². The molecule has 0 saturated heterocycles. The topological polar surface area (TPSA) is 175 Å². The van der Waals surface area contributed by atoms with E-state index in [-0.39, 0.29) is 35.9 Å². The van der Waals surface area contributed by atoms with Crippen molar-refractivity contribution >= 4 is 23.6 Å². The molecule has 4 amide bonds. The maximum absolute atomic E-state index is 13.7. The maximum atomic E-state index is 13.7. The van der Waals surface area contributed by atoms with Crippen LogP contribution in [0, 0.1) is 19.8 Å². The minimum absolute atomic E-state index is 0.0827. The maximum Gasteiger partial charge on any atom is 0.273 e. The van der Waals surface area contributed by atoms with Gasteiger partial charge >= 0.3 is 0 Å². The summed E-state index contributed by atoms with van der Waals surface area (Å²) in [6.45, 7) is 7.42. The van der Waals surface area contributed by atoms with Gasteiger partial charge in [-0.2, -0.15) is 0 Å². The highest BCUT2D eigenvalue weighted by molar-refractivity contribution is 5.99. The number of amides is 4. The zero-order valence-corrected chi connectivity index (χ0v) is 24.8. The first-order chi connectivity index (χ1) is 20.5. The van der Waals surface area contributed by atoms with Crippen LogP contribution in [0.15, 0.2) is 51.9 Å². The lowest BCUT2D eigenvalue weighted by molar-refractivity contribution is -0.130. The van der Waals surface area contributed by atoms with E-state index in [1.807, 2.05) is 44.2 Å². The van der Waals surface area contributed by atoms with Crippen LogP contribution in [0.4, 0.5) is 0 Å². The number of carbonyl (C=O) groups excluding carboxylic acids is 4. The van der Waals surface area contributed by atoms with Gasteiger partial charge in [-0.3, -0.25) is 24.0 Å². The normalized spacial score (nSPS) is 20.2. The highest BCUT2D eigenvalue weighted by atomic mass is 16.3. The van der Waals surface area contributed by atoms with Crippen molar-refractivity contribution in [3.63, 3.8) is 0 Å². The molecule has 0 unspecified atom stereocenters. The molecule has 4 rings (SSSR count). The number of aromatic amines is 1. The van der Waals surface area contributed by atoms with Crippen LogP contribution in [0.25, 0.3) is 0 Å². The number of benzene rings is 1. The molecule has 3 atom stereocenters. The summed E-state index contributed by atoms with van der Waals surface area (Å²) in [5.41, 5.74) is 1.36. The molecule has 12 nitrogen and oxygen atoms in total. The number of hydrogen-bond acceptors (Lipinski definition) is 7. The second-order valence-corrected chi connectivity index (χ2v) is 11.2. The Hall–Kier alpha value is -4.74. The van der Waals surface area contributed by atoms with Crippen molar-refractivity contribution < 1.29 is 23.6 Å². The number of aryl methyl sites for hydroxylation is 2. The minimum atomic E-state index is -1.05. The monoisotopic (exact) mass is 590 g/mol. The highest BCUT2D eigenvalue weighted by Gasteiger charge is 2.32. The van der Waals surface area contributed by atoms with Gasteiger partial charge in [-0.1, -0.05) is 44.2 Å². The molecule has 2 bridgehead atoms. The Kier molecular flexibility index (Phi) is 10.1. The molecule has 43 heavy (non-hydrogen) atoms. The van der Waals surface area contributed by atoms with Crippen molar-refractivity contribution in [3.8, 4) is 0 Å².